The molecule has 0 aromatic heterocycles. The van der Waals surface area contributed by atoms with E-state index in [1.807, 2.05) is 43.9 Å². The van der Waals surface area contributed by atoms with E-state index in [1.54, 1.807) is 25.7 Å². The second-order valence-electron chi connectivity index (χ2n) is 10.7. The van der Waals surface area contributed by atoms with Crippen molar-refractivity contribution < 1.29 is 24.2 Å². The first-order valence-corrected chi connectivity index (χ1v) is 12.1. The number of carboxylic acids is 1. The minimum absolute atomic E-state index is 0.00577. The van der Waals surface area contributed by atoms with Crippen LogP contribution in [0.15, 0.2) is 29.3 Å². The molecule has 4 atom stereocenters. The Hall–Kier alpha value is -2.84. The summed E-state index contributed by atoms with van der Waals surface area (Å²) in [5, 5.41) is 9.79. The zero-order valence-corrected chi connectivity index (χ0v) is 21.1. The van der Waals surface area contributed by atoms with Crippen molar-refractivity contribution in [2.24, 2.45) is 16.8 Å². The minimum atomic E-state index is -0.982. The van der Waals surface area contributed by atoms with Gasteiger partial charge in [0.05, 0.1) is 24.0 Å². The Balaban J connectivity index is 1.90. The second kappa shape index (κ2) is 10.2. The van der Waals surface area contributed by atoms with Crippen LogP contribution >= 0.6 is 0 Å². The molecule has 188 valence electrons. The molecule has 0 spiro atoms. The molecule has 3 aliphatic rings. The lowest BCUT2D eigenvalue weighted by molar-refractivity contribution is -0.146. The molecule has 1 saturated heterocycles. The standard InChI is InChI=1S/C25H38N4O5/c1-7-28-20-11-9-8-10-19(20)26-21(28)22(30)29(13-16(2)3)18-12-17(23(31)32)14-27(15-18)24(33)34-25(4,5)6/h8-11,16-20H,7,12-15H2,1-6H3,(H,31,32). The highest BCUT2D eigenvalue weighted by Gasteiger charge is 2.43. The number of likely N-dealkylation sites (N-methyl/N-ethyl adjacent to an activating group) is 1. The SMILES string of the molecule is CCN1C(C(=O)N(CC(C)C)C2CC(C(=O)O)CN(C(=O)OC(C)(C)C)C2)=NC2C=CC=CC21. The number of rotatable bonds is 6. The Morgan fingerprint density at radius 3 is 2.47 bits per heavy atom. The normalized spacial score (nSPS) is 26.4. The number of carboxylic acid groups (broad SMARTS) is 1. The van der Waals surface area contributed by atoms with Gasteiger partial charge in [0.25, 0.3) is 5.91 Å². The number of amides is 2. The number of carbonyl (C=O) groups excluding carboxylic acids is 2. The number of hydrogen-bond donors (Lipinski definition) is 1. The van der Waals surface area contributed by atoms with E-state index >= 15 is 0 Å². The number of piperidine rings is 1. The van der Waals surface area contributed by atoms with Crippen LogP contribution in [0.1, 0.15) is 48.0 Å². The van der Waals surface area contributed by atoms with Gasteiger partial charge in [-0.1, -0.05) is 38.2 Å². The molecule has 34 heavy (non-hydrogen) atoms. The number of nitrogens with zero attached hydrogens (tertiary/aromatic N) is 4. The Labute approximate surface area is 202 Å². The van der Waals surface area contributed by atoms with Gasteiger partial charge in [0, 0.05) is 26.2 Å². The molecule has 0 aromatic carbocycles. The summed E-state index contributed by atoms with van der Waals surface area (Å²) in [6.07, 6.45) is 7.67. The van der Waals surface area contributed by atoms with Crippen LogP contribution in [-0.4, -0.2) is 93.5 Å². The maximum atomic E-state index is 13.9. The zero-order chi connectivity index (χ0) is 25.2. The molecule has 9 nitrogen and oxygen atoms in total. The maximum Gasteiger partial charge on any atom is 0.410 e. The van der Waals surface area contributed by atoms with Crippen LogP contribution in [0, 0.1) is 11.8 Å². The van der Waals surface area contributed by atoms with Crippen LogP contribution in [0.25, 0.3) is 0 Å². The van der Waals surface area contributed by atoms with Gasteiger partial charge in [-0.25, -0.2) is 4.79 Å². The van der Waals surface area contributed by atoms with E-state index in [-0.39, 0.29) is 43.4 Å². The van der Waals surface area contributed by atoms with Crippen LogP contribution in [0.4, 0.5) is 4.79 Å². The molecule has 2 aliphatic heterocycles. The van der Waals surface area contributed by atoms with Crippen LogP contribution < -0.4 is 0 Å². The highest BCUT2D eigenvalue weighted by Crippen LogP contribution is 2.28. The molecule has 1 fully saturated rings. The third-order valence-corrected chi connectivity index (χ3v) is 6.21. The van der Waals surface area contributed by atoms with Crippen LogP contribution in [0.5, 0.6) is 0 Å². The molecule has 0 bridgehead atoms. The number of ether oxygens (including phenoxy) is 1. The first-order chi connectivity index (χ1) is 15.9. The second-order valence-corrected chi connectivity index (χ2v) is 10.7. The van der Waals surface area contributed by atoms with Crippen molar-refractivity contribution in [3.05, 3.63) is 24.3 Å². The molecular weight excluding hydrogens is 436 g/mol. The third kappa shape index (κ3) is 5.80. The number of fused-ring (bicyclic) bond motifs is 1. The fourth-order valence-electron chi connectivity index (χ4n) is 4.76. The number of aliphatic carboxylic acids is 1. The lowest BCUT2D eigenvalue weighted by atomic mass is 9.92. The van der Waals surface area contributed by atoms with Gasteiger partial charge in [-0.05, 0) is 40.0 Å². The molecule has 1 N–H and O–H groups in total. The monoisotopic (exact) mass is 474 g/mol. The molecule has 1 aliphatic carbocycles. The highest BCUT2D eigenvalue weighted by molar-refractivity contribution is 6.38. The molecule has 2 heterocycles. The van der Waals surface area contributed by atoms with Gasteiger partial charge in [-0.3, -0.25) is 14.6 Å². The lowest BCUT2D eigenvalue weighted by Gasteiger charge is -2.42. The number of likely N-dealkylation sites (tertiary alicyclic amines) is 1. The quantitative estimate of drug-likeness (QED) is 0.635. The number of hydrogen-bond acceptors (Lipinski definition) is 6. The topological polar surface area (TPSA) is 103 Å². The van der Waals surface area contributed by atoms with E-state index in [0.29, 0.717) is 18.9 Å². The van der Waals surface area contributed by atoms with E-state index in [2.05, 4.69) is 6.08 Å². The highest BCUT2D eigenvalue weighted by atomic mass is 16.6. The molecule has 9 heteroatoms. The van der Waals surface area contributed by atoms with E-state index < -0.39 is 29.6 Å². The molecule has 3 rings (SSSR count). The number of amidine groups is 1. The smallest absolute Gasteiger partial charge is 0.410 e. The average molecular weight is 475 g/mol. The van der Waals surface area contributed by atoms with Gasteiger partial charge in [-0.15, -0.1) is 0 Å². The van der Waals surface area contributed by atoms with Crippen molar-refractivity contribution in [3.8, 4) is 0 Å². The van der Waals surface area contributed by atoms with Crippen molar-refractivity contribution in [3.63, 3.8) is 0 Å². The predicted octanol–water partition coefficient (Wildman–Crippen LogP) is 2.78. The molecule has 0 saturated carbocycles. The third-order valence-electron chi connectivity index (χ3n) is 6.21. The van der Waals surface area contributed by atoms with Gasteiger partial charge >= 0.3 is 12.1 Å². The lowest BCUT2D eigenvalue weighted by Crippen LogP contribution is -2.59. The summed E-state index contributed by atoms with van der Waals surface area (Å²) in [4.78, 5) is 48.6. The number of aliphatic imine (C=N–C) groups is 1. The van der Waals surface area contributed by atoms with Gasteiger partial charge in [0.2, 0.25) is 0 Å². The molecule has 2 amide bonds. The summed E-state index contributed by atoms with van der Waals surface area (Å²) in [6.45, 7) is 12.7. The zero-order valence-electron chi connectivity index (χ0n) is 21.1. The van der Waals surface area contributed by atoms with Gasteiger partial charge in [0.1, 0.15) is 5.60 Å². The predicted molar refractivity (Wildman–Crippen MR) is 130 cm³/mol. The summed E-state index contributed by atoms with van der Waals surface area (Å²) in [6, 6.07) is -0.556. The molecular formula is C25H38N4O5. The van der Waals surface area contributed by atoms with E-state index in [9.17, 15) is 19.5 Å². The molecule has 4 unspecified atom stereocenters. The number of carbonyl (C=O) groups is 3. The Morgan fingerprint density at radius 2 is 1.88 bits per heavy atom. The number of allylic oxidation sites excluding steroid dienone is 2. The van der Waals surface area contributed by atoms with Crippen LogP contribution in [-0.2, 0) is 14.3 Å². The van der Waals surface area contributed by atoms with Crippen molar-refractivity contribution in [1.29, 1.82) is 0 Å². The van der Waals surface area contributed by atoms with Crippen molar-refractivity contribution in [1.82, 2.24) is 14.7 Å². The first kappa shape index (κ1) is 25.8. The van der Waals surface area contributed by atoms with Gasteiger partial charge in [0.15, 0.2) is 5.84 Å². The van der Waals surface area contributed by atoms with Gasteiger partial charge < -0.3 is 24.5 Å². The Kier molecular flexibility index (Phi) is 7.73. The maximum absolute atomic E-state index is 13.9. The van der Waals surface area contributed by atoms with E-state index in [1.165, 1.54) is 4.90 Å². The largest absolute Gasteiger partial charge is 0.481 e. The molecule has 0 aromatic rings. The summed E-state index contributed by atoms with van der Waals surface area (Å²) in [7, 11) is 0. The van der Waals surface area contributed by atoms with Crippen molar-refractivity contribution >= 4 is 23.8 Å². The van der Waals surface area contributed by atoms with E-state index in [4.69, 9.17) is 9.73 Å². The van der Waals surface area contributed by atoms with Gasteiger partial charge in [-0.2, -0.15) is 0 Å². The first-order valence-electron chi connectivity index (χ1n) is 12.1. The molecule has 0 radical (unpaired) electrons. The summed E-state index contributed by atoms with van der Waals surface area (Å²) in [5.41, 5.74) is -0.701. The summed E-state index contributed by atoms with van der Waals surface area (Å²) >= 11 is 0. The van der Waals surface area contributed by atoms with Crippen LogP contribution in [0.3, 0.4) is 0 Å². The minimum Gasteiger partial charge on any atom is -0.481 e. The van der Waals surface area contributed by atoms with Crippen LogP contribution in [0.2, 0.25) is 0 Å². The Bertz CT molecular complexity index is 888. The average Bonchev–Trinajstić information content (AvgIpc) is 3.14. The van der Waals surface area contributed by atoms with E-state index in [0.717, 1.165) is 0 Å². The van der Waals surface area contributed by atoms with Crippen molar-refractivity contribution in [2.45, 2.75) is 71.7 Å². The van der Waals surface area contributed by atoms with Crippen molar-refractivity contribution in [2.75, 3.05) is 26.2 Å². The Morgan fingerprint density at radius 1 is 1.21 bits per heavy atom. The summed E-state index contributed by atoms with van der Waals surface area (Å²) < 4.78 is 5.52. The fourth-order valence-corrected chi connectivity index (χ4v) is 4.76. The summed E-state index contributed by atoms with van der Waals surface area (Å²) in [5.74, 6) is -1.43. The fraction of sp³-hybridized carbons (Fsp3) is 0.680.